The third-order valence-corrected chi connectivity index (χ3v) is 4.45. The fraction of sp³-hybridized carbons (Fsp3) is 0.238. The van der Waals surface area contributed by atoms with E-state index in [2.05, 4.69) is 0 Å². The van der Waals surface area contributed by atoms with Crippen molar-refractivity contribution < 1.29 is 9.90 Å². The van der Waals surface area contributed by atoms with Gasteiger partial charge in [0.1, 0.15) is 5.75 Å². The van der Waals surface area contributed by atoms with Gasteiger partial charge in [-0.2, -0.15) is 0 Å². The van der Waals surface area contributed by atoms with Crippen molar-refractivity contribution in [3.63, 3.8) is 0 Å². The lowest BCUT2D eigenvalue weighted by molar-refractivity contribution is -0.127. The molecule has 0 radical (unpaired) electrons. The van der Waals surface area contributed by atoms with Gasteiger partial charge >= 0.3 is 0 Å². The van der Waals surface area contributed by atoms with Gasteiger partial charge in [-0.1, -0.05) is 24.3 Å². The van der Waals surface area contributed by atoms with Crippen LogP contribution in [0.25, 0.3) is 22.2 Å². The highest BCUT2D eigenvalue weighted by Gasteiger charge is 2.12. The molecule has 0 aliphatic rings. The van der Waals surface area contributed by atoms with Crippen molar-refractivity contribution in [3.8, 4) is 17.0 Å². The molecule has 0 atom stereocenters. The van der Waals surface area contributed by atoms with Crippen LogP contribution >= 0.6 is 0 Å². The number of phenols is 1. The standard InChI is InChI=1S/C21H22N2O2/c1-13-6-5-7-17(21(13)25)18-10-14(2)16-9-8-15(11-19(16)22-18)12-20(24)23(3)4/h5-11,25H,12H2,1-4H3. The fourth-order valence-corrected chi connectivity index (χ4v) is 2.89. The molecule has 3 aromatic rings. The van der Waals surface area contributed by atoms with Crippen LogP contribution in [-0.4, -0.2) is 35.0 Å². The van der Waals surface area contributed by atoms with Crippen LogP contribution in [0.2, 0.25) is 0 Å². The third-order valence-electron chi connectivity index (χ3n) is 4.45. The summed E-state index contributed by atoms with van der Waals surface area (Å²) < 4.78 is 0. The summed E-state index contributed by atoms with van der Waals surface area (Å²) >= 11 is 0. The molecule has 0 unspecified atom stereocenters. The second-order valence-electron chi connectivity index (χ2n) is 6.61. The van der Waals surface area contributed by atoms with Crippen LogP contribution in [-0.2, 0) is 11.2 Å². The first-order valence-electron chi connectivity index (χ1n) is 8.26. The highest BCUT2D eigenvalue weighted by Crippen LogP contribution is 2.32. The summed E-state index contributed by atoms with van der Waals surface area (Å²) in [5.74, 6) is 0.316. The second kappa shape index (κ2) is 6.55. The van der Waals surface area contributed by atoms with E-state index in [4.69, 9.17) is 4.98 Å². The number of benzene rings is 2. The van der Waals surface area contributed by atoms with Gasteiger partial charge in [-0.15, -0.1) is 0 Å². The van der Waals surface area contributed by atoms with E-state index in [0.717, 1.165) is 38.9 Å². The van der Waals surface area contributed by atoms with Crippen LogP contribution in [0.4, 0.5) is 0 Å². The van der Waals surface area contributed by atoms with E-state index in [1.54, 1.807) is 19.0 Å². The van der Waals surface area contributed by atoms with Crippen molar-refractivity contribution in [2.24, 2.45) is 0 Å². The summed E-state index contributed by atoms with van der Waals surface area (Å²) in [7, 11) is 3.51. The zero-order valence-electron chi connectivity index (χ0n) is 15.0. The molecule has 128 valence electrons. The zero-order chi connectivity index (χ0) is 18.1. The van der Waals surface area contributed by atoms with E-state index in [0.29, 0.717) is 6.42 Å². The van der Waals surface area contributed by atoms with Crippen LogP contribution in [0, 0.1) is 13.8 Å². The van der Waals surface area contributed by atoms with Gasteiger partial charge in [0, 0.05) is 25.0 Å². The molecule has 0 fully saturated rings. The van der Waals surface area contributed by atoms with Crippen LogP contribution in [0.1, 0.15) is 16.7 Å². The Morgan fingerprint density at radius 3 is 2.56 bits per heavy atom. The Balaban J connectivity index is 2.10. The molecule has 0 saturated carbocycles. The molecule has 0 aliphatic heterocycles. The minimum absolute atomic E-state index is 0.0588. The summed E-state index contributed by atoms with van der Waals surface area (Å²) in [4.78, 5) is 18.3. The predicted molar refractivity (Wildman–Crippen MR) is 101 cm³/mol. The molecule has 1 heterocycles. The number of carbonyl (C=O) groups excluding carboxylic acids is 1. The number of carbonyl (C=O) groups is 1. The Labute approximate surface area is 147 Å². The van der Waals surface area contributed by atoms with Gasteiger partial charge < -0.3 is 10.0 Å². The lowest BCUT2D eigenvalue weighted by Gasteiger charge is -2.12. The summed E-state index contributed by atoms with van der Waals surface area (Å²) in [6.07, 6.45) is 0.351. The maximum absolute atomic E-state index is 12.0. The molecule has 2 aromatic carbocycles. The molecular weight excluding hydrogens is 312 g/mol. The summed E-state index contributed by atoms with van der Waals surface area (Å²) in [5.41, 5.74) is 5.14. The Morgan fingerprint density at radius 2 is 1.84 bits per heavy atom. The first-order chi connectivity index (χ1) is 11.9. The molecule has 1 N–H and O–H groups in total. The summed E-state index contributed by atoms with van der Waals surface area (Å²) in [6, 6.07) is 13.6. The number of aryl methyl sites for hydroxylation is 2. The molecule has 1 aromatic heterocycles. The van der Waals surface area contributed by atoms with Crippen LogP contribution in [0.5, 0.6) is 5.75 Å². The second-order valence-corrected chi connectivity index (χ2v) is 6.61. The number of pyridine rings is 1. The number of para-hydroxylation sites is 1. The number of nitrogens with zero attached hydrogens (tertiary/aromatic N) is 2. The Bertz CT molecular complexity index is 962. The van der Waals surface area contributed by atoms with Crippen molar-refractivity contribution in [2.75, 3.05) is 14.1 Å². The quantitative estimate of drug-likeness (QED) is 0.791. The highest BCUT2D eigenvalue weighted by atomic mass is 16.3. The van der Waals surface area contributed by atoms with Crippen molar-refractivity contribution in [3.05, 3.63) is 59.2 Å². The van der Waals surface area contributed by atoms with Crippen molar-refractivity contribution in [2.45, 2.75) is 20.3 Å². The molecule has 3 rings (SSSR count). The van der Waals surface area contributed by atoms with Gasteiger partial charge in [0.2, 0.25) is 5.91 Å². The Hall–Kier alpha value is -2.88. The topological polar surface area (TPSA) is 53.4 Å². The third kappa shape index (κ3) is 3.33. The minimum atomic E-state index is 0.0588. The van der Waals surface area contributed by atoms with Crippen LogP contribution in [0.15, 0.2) is 42.5 Å². The lowest BCUT2D eigenvalue weighted by Crippen LogP contribution is -2.23. The van der Waals surface area contributed by atoms with Crippen molar-refractivity contribution in [1.82, 2.24) is 9.88 Å². The molecule has 0 bridgehead atoms. The molecule has 25 heavy (non-hydrogen) atoms. The Morgan fingerprint density at radius 1 is 1.08 bits per heavy atom. The van der Waals surface area contributed by atoms with E-state index in [-0.39, 0.29) is 11.7 Å². The van der Waals surface area contributed by atoms with E-state index in [1.165, 1.54) is 0 Å². The first kappa shape index (κ1) is 17.0. The number of phenolic OH excluding ortho intramolecular Hbond substituents is 1. The predicted octanol–water partition coefficient (Wildman–Crippen LogP) is 3.85. The van der Waals surface area contributed by atoms with Crippen LogP contribution < -0.4 is 0 Å². The van der Waals surface area contributed by atoms with Gasteiger partial charge in [-0.25, -0.2) is 4.98 Å². The number of fused-ring (bicyclic) bond motifs is 1. The number of hydrogen-bond acceptors (Lipinski definition) is 3. The van der Waals surface area contributed by atoms with Gasteiger partial charge in [0.15, 0.2) is 0 Å². The van der Waals surface area contributed by atoms with Gasteiger partial charge in [0.25, 0.3) is 0 Å². The minimum Gasteiger partial charge on any atom is -0.507 e. The van der Waals surface area contributed by atoms with E-state index in [1.807, 2.05) is 56.3 Å². The number of aromatic nitrogens is 1. The number of likely N-dealkylation sites (N-methyl/N-ethyl adjacent to an activating group) is 1. The van der Waals surface area contributed by atoms with Gasteiger partial charge in [-0.3, -0.25) is 4.79 Å². The maximum atomic E-state index is 12.0. The lowest BCUT2D eigenvalue weighted by atomic mass is 10.0. The number of aromatic hydroxyl groups is 1. The molecule has 4 heteroatoms. The monoisotopic (exact) mass is 334 g/mol. The molecule has 0 aliphatic carbocycles. The number of hydrogen-bond donors (Lipinski definition) is 1. The summed E-state index contributed by atoms with van der Waals surface area (Å²) in [6.45, 7) is 3.91. The van der Waals surface area contributed by atoms with E-state index in [9.17, 15) is 9.90 Å². The number of rotatable bonds is 3. The maximum Gasteiger partial charge on any atom is 0.226 e. The first-order valence-corrected chi connectivity index (χ1v) is 8.26. The Kier molecular flexibility index (Phi) is 4.45. The van der Waals surface area contributed by atoms with Crippen molar-refractivity contribution in [1.29, 1.82) is 0 Å². The van der Waals surface area contributed by atoms with Crippen molar-refractivity contribution >= 4 is 16.8 Å². The summed E-state index contributed by atoms with van der Waals surface area (Å²) in [5, 5.41) is 11.4. The fourth-order valence-electron chi connectivity index (χ4n) is 2.89. The molecule has 0 spiro atoms. The van der Waals surface area contributed by atoms with E-state index < -0.39 is 0 Å². The van der Waals surface area contributed by atoms with Gasteiger partial charge in [-0.05, 0) is 48.7 Å². The largest absolute Gasteiger partial charge is 0.507 e. The molecule has 0 saturated heterocycles. The number of amides is 1. The average Bonchev–Trinajstić information content (AvgIpc) is 2.56. The molecule has 1 amide bonds. The van der Waals surface area contributed by atoms with Crippen LogP contribution in [0.3, 0.4) is 0 Å². The highest BCUT2D eigenvalue weighted by molar-refractivity contribution is 5.87. The molecular formula is C21H22N2O2. The SMILES string of the molecule is Cc1cccc(-c2cc(C)c3ccc(CC(=O)N(C)C)cc3n2)c1O. The van der Waals surface area contributed by atoms with E-state index >= 15 is 0 Å². The normalized spacial score (nSPS) is 10.9. The average molecular weight is 334 g/mol. The zero-order valence-corrected chi connectivity index (χ0v) is 15.0. The molecule has 4 nitrogen and oxygen atoms in total. The van der Waals surface area contributed by atoms with Gasteiger partial charge in [0.05, 0.1) is 17.6 Å². The smallest absolute Gasteiger partial charge is 0.226 e.